The van der Waals surface area contributed by atoms with Gasteiger partial charge in [-0.15, -0.1) is 0 Å². The minimum atomic E-state index is -0.491. The molecule has 2 aromatic carbocycles. The third-order valence-electron chi connectivity index (χ3n) is 3.53. The molecule has 0 bridgehead atoms. The summed E-state index contributed by atoms with van der Waals surface area (Å²) in [5.41, 5.74) is 9.04. The fraction of sp³-hybridized carbons (Fsp3) is 0.278. The number of para-hydroxylation sites is 1. The highest BCUT2D eigenvalue weighted by Crippen LogP contribution is 2.19. The van der Waals surface area contributed by atoms with Crippen molar-refractivity contribution in [3.63, 3.8) is 0 Å². The lowest BCUT2D eigenvalue weighted by molar-refractivity contribution is -0.118. The predicted octanol–water partition coefficient (Wildman–Crippen LogP) is 3.20. The van der Waals surface area contributed by atoms with Crippen LogP contribution < -0.4 is 11.1 Å². The second-order valence-corrected chi connectivity index (χ2v) is 5.58. The summed E-state index contributed by atoms with van der Waals surface area (Å²) in [6, 6.07) is 17.6. The van der Waals surface area contributed by atoms with E-state index in [1.165, 1.54) is 5.56 Å². The van der Waals surface area contributed by atoms with Crippen molar-refractivity contribution in [3.05, 3.63) is 65.7 Å². The maximum absolute atomic E-state index is 12.1. The summed E-state index contributed by atoms with van der Waals surface area (Å²) in [5, 5.41) is 2.95. The molecule has 0 aliphatic rings. The van der Waals surface area contributed by atoms with Crippen molar-refractivity contribution in [2.45, 2.75) is 26.3 Å². The van der Waals surface area contributed by atoms with Crippen LogP contribution in [0.1, 0.15) is 25.0 Å². The maximum Gasteiger partial charge on any atom is 0.241 e. The van der Waals surface area contributed by atoms with Crippen molar-refractivity contribution in [1.82, 2.24) is 0 Å². The van der Waals surface area contributed by atoms with E-state index < -0.39 is 6.04 Å². The van der Waals surface area contributed by atoms with E-state index in [4.69, 9.17) is 5.73 Å². The number of amides is 1. The quantitative estimate of drug-likeness (QED) is 0.885. The van der Waals surface area contributed by atoms with E-state index in [2.05, 4.69) is 17.4 Å². The van der Waals surface area contributed by atoms with E-state index in [1.54, 1.807) is 0 Å². The molecule has 0 heterocycles. The van der Waals surface area contributed by atoms with Gasteiger partial charge >= 0.3 is 0 Å². The number of nitrogens with one attached hydrogen (secondary N) is 1. The van der Waals surface area contributed by atoms with E-state index in [-0.39, 0.29) is 11.8 Å². The summed E-state index contributed by atoms with van der Waals surface area (Å²) < 4.78 is 0. The Bertz CT molecular complexity index is 593. The van der Waals surface area contributed by atoms with Crippen LogP contribution in [-0.2, 0) is 11.2 Å². The van der Waals surface area contributed by atoms with Crippen molar-refractivity contribution < 1.29 is 4.79 Å². The van der Waals surface area contributed by atoms with Crippen LogP contribution in [0.4, 0.5) is 5.69 Å². The standard InChI is InChI=1S/C18H22N2O/c1-13(2)17(19)18(21)20-16-11-7-6-10-15(16)12-14-8-4-3-5-9-14/h3-11,13,17H,12,19H2,1-2H3,(H,20,21). The number of rotatable bonds is 5. The molecule has 3 nitrogen and oxygen atoms in total. The van der Waals surface area contributed by atoms with Gasteiger partial charge in [-0.3, -0.25) is 4.79 Å². The second-order valence-electron chi connectivity index (χ2n) is 5.58. The molecular weight excluding hydrogens is 260 g/mol. The minimum Gasteiger partial charge on any atom is -0.324 e. The molecule has 0 saturated heterocycles. The third kappa shape index (κ3) is 4.17. The molecule has 0 aliphatic heterocycles. The Hall–Kier alpha value is -2.13. The zero-order valence-electron chi connectivity index (χ0n) is 12.5. The molecular formula is C18H22N2O. The Balaban J connectivity index is 2.16. The zero-order valence-corrected chi connectivity index (χ0v) is 12.5. The molecule has 0 radical (unpaired) electrons. The van der Waals surface area contributed by atoms with Gasteiger partial charge in [-0.1, -0.05) is 62.4 Å². The van der Waals surface area contributed by atoms with Crippen molar-refractivity contribution in [2.24, 2.45) is 11.7 Å². The first-order valence-corrected chi connectivity index (χ1v) is 7.26. The van der Waals surface area contributed by atoms with Gasteiger partial charge < -0.3 is 11.1 Å². The zero-order chi connectivity index (χ0) is 15.2. The molecule has 21 heavy (non-hydrogen) atoms. The van der Waals surface area contributed by atoms with Gasteiger partial charge in [-0.2, -0.15) is 0 Å². The lowest BCUT2D eigenvalue weighted by Crippen LogP contribution is -2.39. The number of benzene rings is 2. The number of hydrogen-bond acceptors (Lipinski definition) is 2. The van der Waals surface area contributed by atoms with Crippen LogP contribution in [0.25, 0.3) is 0 Å². The molecule has 0 saturated carbocycles. The highest BCUT2D eigenvalue weighted by Gasteiger charge is 2.18. The van der Waals surface area contributed by atoms with Crippen LogP contribution in [0.5, 0.6) is 0 Å². The average Bonchev–Trinajstić information content (AvgIpc) is 2.49. The van der Waals surface area contributed by atoms with E-state index in [0.29, 0.717) is 0 Å². The highest BCUT2D eigenvalue weighted by atomic mass is 16.2. The number of hydrogen-bond donors (Lipinski definition) is 2. The molecule has 0 aliphatic carbocycles. The van der Waals surface area contributed by atoms with Crippen LogP contribution in [0, 0.1) is 5.92 Å². The average molecular weight is 282 g/mol. The molecule has 0 aromatic heterocycles. The summed E-state index contributed by atoms with van der Waals surface area (Å²) in [4.78, 5) is 12.1. The summed E-state index contributed by atoms with van der Waals surface area (Å²) >= 11 is 0. The smallest absolute Gasteiger partial charge is 0.241 e. The molecule has 0 spiro atoms. The molecule has 110 valence electrons. The number of carbonyl (C=O) groups excluding carboxylic acids is 1. The van der Waals surface area contributed by atoms with Gasteiger partial charge in [0, 0.05) is 5.69 Å². The van der Waals surface area contributed by atoms with Gasteiger partial charge in [0.05, 0.1) is 6.04 Å². The van der Waals surface area contributed by atoms with Crippen LogP contribution in [0.2, 0.25) is 0 Å². The van der Waals surface area contributed by atoms with Crippen molar-refractivity contribution in [1.29, 1.82) is 0 Å². The number of anilines is 1. The summed E-state index contributed by atoms with van der Waals surface area (Å²) in [6.45, 7) is 3.89. The SMILES string of the molecule is CC(C)C(N)C(=O)Nc1ccccc1Cc1ccccc1. The van der Waals surface area contributed by atoms with Crippen LogP contribution in [0.15, 0.2) is 54.6 Å². The van der Waals surface area contributed by atoms with Gasteiger partial charge in [-0.05, 0) is 29.5 Å². The van der Waals surface area contributed by atoms with E-state index >= 15 is 0 Å². The van der Waals surface area contributed by atoms with Gasteiger partial charge in [-0.25, -0.2) is 0 Å². The molecule has 0 fully saturated rings. The molecule has 3 N–H and O–H groups in total. The molecule has 2 aromatic rings. The third-order valence-corrected chi connectivity index (χ3v) is 3.53. The van der Waals surface area contributed by atoms with E-state index in [9.17, 15) is 4.79 Å². The molecule has 3 heteroatoms. The summed E-state index contributed by atoms with van der Waals surface area (Å²) in [5.74, 6) is -0.0169. The normalized spacial score (nSPS) is 12.2. The Labute approximate surface area is 126 Å². The predicted molar refractivity (Wildman–Crippen MR) is 87.1 cm³/mol. The topological polar surface area (TPSA) is 55.1 Å². The van der Waals surface area contributed by atoms with Crippen LogP contribution >= 0.6 is 0 Å². The number of carbonyl (C=O) groups is 1. The summed E-state index contributed by atoms with van der Waals surface area (Å²) in [7, 11) is 0. The maximum atomic E-state index is 12.1. The highest BCUT2D eigenvalue weighted by molar-refractivity contribution is 5.95. The first-order chi connectivity index (χ1) is 10.1. The lowest BCUT2D eigenvalue weighted by Gasteiger charge is -2.17. The van der Waals surface area contributed by atoms with Crippen molar-refractivity contribution >= 4 is 11.6 Å². The summed E-state index contributed by atoms with van der Waals surface area (Å²) in [6.07, 6.45) is 0.786. The molecule has 2 rings (SSSR count). The lowest BCUT2D eigenvalue weighted by atomic mass is 10.0. The fourth-order valence-corrected chi connectivity index (χ4v) is 2.13. The van der Waals surface area contributed by atoms with Crippen LogP contribution in [-0.4, -0.2) is 11.9 Å². The van der Waals surface area contributed by atoms with Gasteiger partial charge in [0.1, 0.15) is 0 Å². The van der Waals surface area contributed by atoms with Crippen LogP contribution in [0.3, 0.4) is 0 Å². The molecule has 1 atom stereocenters. The minimum absolute atomic E-state index is 0.117. The van der Waals surface area contributed by atoms with Gasteiger partial charge in [0.2, 0.25) is 5.91 Å². The Morgan fingerprint density at radius 2 is 1.67 bits per heavy atom. The first kappa shape index (κ1) is 15.3. The Morgan fingerprint density at radius 1 is 1.05 bits per heavy atom. The van der Waals surface area contributed by atoms with E-state index in [0.717, 1.165) is 17.7 Å². The van der Waals surface area contributed by atoms with Gasteiger partial charge in [0.25, 0.3) is 0 Å². The first-order valence-electron chi connectivity index (χ1n) is 7.26. The monoisotopic (exact) mass is 282 g/mol. The Kier molecular flexibility index (Phi) is 5.12. The molecule has 1 amide bonds. The largest absolute Gasteiger partial charge is 0.324 e. The van der Waals surface area contributed by atoms with Crippen molar-refractivity contribution in [2.75, 3.05) is 5.32 Å². The van der Waals surface area contributed by atoms with Gasteiger partial charge in [0.15, 0.2) is 0 Å². The van der Waals surface area contributed by atoms with E-state index in [1.807, 2.05) is 56.3 Å². The Morgan fingerprint density at radius 3 is 2.33 bits per heavy atom. The second kappa shape index (κ2) is 7.04. The number of nitrogens with two attached hydrogens (primary N) is 1. The molecule has 1 unspecified atom stereocenters. The van der Waals surface area contributed by atoms with Crippen molar-refractivity contribution in [3.8, 4) is 0 Å². The fourth-order valence-electron chi connectivity index (χ4n) is 2.13.